The molecule has 8 N–H and O–H groups in total. The van der Waals surface area contributed by atoms with Crippen molar-refractivity contribution in [3.05, 3.63) is 47.4 Å². The zero-order valence-electron chi connectivity index (χ0n) is 19.8. The third-order valence-corrected chi connectivity index (χ3v) is 7.01. The number of ether oxygens (including phenoxy) is 1. The number of hydrogen-bond acceptors (Lipinski definition) is 8. The predicted octanol–water partition coefficient (Wildman–Crippen LogP) is 1.33. The third kappa shape index (κ3) is 4.98. The number of phenolic OH excluding ortho intramolecular Hbond substituents is 1. The molecule has 2 aliphatic rings. The van der Waals surface area contributed by atoms with Crippen molar-refractivity contribution in [3.8, 4) is 5.75 Å². The van der Waals surface area contributed by atoms with Gasteiger partial charge in [0.25, 0.3) is 0 Å². The summed E-state index contributed by atoms with van der Waals surface area (Å²) in [6.07, 6.45) is 4.15. The van der Waals surface area contributed by atoms with Gasteiger partial charge in [-0.05, 0) is 58.9 Å². The summed E-state index contributed by atoms with van der Waals surface area (Å²) in [5, 5.41) is 13.3. The lowest BCUT2D eigenvalue weighted by Crippen LogP contribution is -2.64. The Kier molecular flexibility index (Phi) is 7.59. The molecular weight excluding hydrogens is 404 g/mol. The van der Waals surface area contributed by atoms with Crippen molar-refractivity contribution in [3.63, 3.8) is 0 Å². The summed E-state index contributed by atoms with van der Waals surface area (Å²) in [5.41, 5.74) is 20.1. The molecule has 0 radical (unpaired) electrons. The Hall–Kier alpha value is -2.42. The number of para-hydroxylation sites is 1. The summed E-state index contributed by atoms with van der Waals surface area (Å²) in [6, 6.07) is 7.77. The number of likely N-dealkylation sites (N-methyl/N-ethyl adjacent to an activating group) is 1. The van der Waals surface area contributed by atoms with E-state index in [4.69, 9.17) is 21.9 Å². The smallest absolute Gasteiger partial charge is 0.124 e. The van der Waals surface area contributed by atoms with Gasteiger partial charge in [0.05, 0.1) is 18.4 Å². The maximum Gasteiger partial charge on any atom is 0.124 e. The average Bonchev–Trinajstić information content (AvgIpc) is 3.03. The fourth-order valence-electron chi connectivity index (χ4n) is 5.09. The van der Waals surface area contributed by atoms with Crippen LogP contribution in [0.4, 0.5) is 0 Å². The van der Waals surface area contributed by atoms with Gasteiger partial charge in [0.1, 0.15) is 11.6 Å². The van der Waals surface area contributed by atoms with Crippen LogP contribution in [0.15, 0.2) is 41.9 Å². The van der Waals surface area contributed by atoms with Gasteiger partial charge in [-0.2, -0.15) is 0 Å². The van der Waals surface area contributed by atoms with Crippen LogP contribution in [0.3, 0.4) is 0 Å². The second kappa shape index (κ2) is 10.0. The second-order valence-electron chi connectivity index (χ2n) is 9.42. The number of piperazine rings is 1. The average molecular weight is 445 g/mol. The molecule has 2 saturated heterocycles. The lowest BCUT2D eigenvalue weighted by molar-refractivity contribution is -0.0843. The molecule has 0 aromatic heterocycles. The SMILES string of the molecule is CNCCOC(C)C(C)(C)N1C2CCC1CN(C(/C=C(\N)c1ccccc1O)=C(N)N)C2. The molecule has 2 bridgehead atoms. The molecule has 32 heavy (non-hydrogen) atoms. The fraction of sp³-hybridized carbons (Fsp3) is 0.583. The molecule has 2 aliphatic heterocycles. The van der Waals surface area contributed by atoms with E-state index < -0.39 is 0 Å². The maximum atomic E-state index is 10.2. The summed E-state index contributed by atoms with van der Waals surface area (Å²) in [7, 11) is 1.94. The van der Waals surface area contributed by atoms with Crippen molar-refractivity contribution in [2.45, 2.75) is 57.3 Å². The van der Waals surface area contributed by atoms with Crippen LogP contribution in [0.1, 0.15) is 39.2 Å². The summed E-state index contributed by atoms with van der Waals surface area (Å²) in [6.45, 7) is 9.91. The highest BCUT2D eigenvalue weighted by molar-refractivity contribution is 5.69. The van der Waals surface area contributed by atoms with Crippen LogP contribution in [0.25, 0.3) is 5.70 Å². The molecule has 3 atom stereocenters. The fourth-order valence-corrected chi connectivity index (χ4v) is 5.09. The van der Waals surface area contributed by atoms with Crippen LogP contribution in [-0.4, -0.2) is 71.9 Å². The Labute approximate surface area is 192 Å². The van der Waals surface area contributed by atoms with Crippen LogP contribution in [0, 0.1) is 0 Å². The molecule has 8 nitrogen and oxygen atoms in total. The van der Waals surface area contributed by atoms with E-state index in [9.17, 15) is 5.11 Å². The monoisotopic (exact) mass is 444 g/mol. The molecule has 2 heterocycles. The van der Waals surface area contributed by atoms with Crippen LogP contribution in [0.2, 0.25) is 0 Å². The van der Waals surface area contributed by atoms with Crippen molar-refractivity contribution in [2.24, 2.45) is 17.2 Å². The Morgan fingerprint density at radius 1 is 1.22 bits per heavy atom. The zero-order chi connectivity index (χ0) is 23.5. The van der Waals surface area contributed by atoms with E-state index in [0.717, 1.165) is 38.2 Å². The highest BCUT2D eigenvalue weighted by Gasteiger charge is 2.49. The summed E-state index contributed by atoms with van der Waals surface area (Å²) >= 11 is 0. The number of phenols is 1. The lowest BCUT2D eigenvalue weighted by Gasteiger charge is -2.52. The van der Waals surface area contributed by atoms with Crippen LogP contribution < -0.4 is 22.5 Å². The van der Waals surface area contributed by atoms with Crippen LogP contribution in [0.5, 0.6) is 5.75 Å². The van der Waals surface area contributed by atoms with E-state index in [1.807, 2.05) is 13.1 Å². The van der Waals surface area contributed by atoms with Crippen molar-refractivity contribution in [1.29, 1.82) is 0 Å². The number of fused-ring (bicyclic) bond motifs is 2. The van der Waals surface area contributed by atoms with Crippen molar-refractivity contribution >= 4 is 5.70 Å². The molecule has 8 heteroatoms. The number of hydrogen-bond donors (Lipinski definition) is 5. The van der Waals surface area contributed by atoms with Crippen molar-refractivity contribution in [2.75, 3.05) is 33.3 Å². The first-order chi connectivity index (χ1) is 15.2. The third-order valence-electron chi connectivity index (χ3n) is 7.01. The van der Waals surface area contributed by atoms with E-state index in [1.165, 1.54) is 0 Å². The van der Waals surface area contributed by atoms with Crippen LogP contribution in [-0.2, 0) is 4.74 Å². The van der Waals surface area contributed by atoms with E-state index in [-0.39, 0.29) is 23.2 Å². The van der Waals surface area contributed by atoms with Gasteiger partial charge in [0, 0.05) is 48.5 Å². The number of allylic oxidation sites excluding steroid dienone is 1. The number of nitrogens with zero attached hydrogens (tertiary/aromatic N) is 2. The van der Waals surface area contributed by atoms with Gasteiger partial charge < -0.3 is 37.3 Å². The molecule has 178 valence electrons. The maximum absolute atomic E-state index is 10.2. The Morgan fingerprint density at radius 2 is 1.84 bits per heavy atom. The topological polar surface area (TPSA) is 126 Å². The van der Waals surface area contributed by atoms with E-state index >= 15 is 0 Å². The molecule has 3 unspecified atom stereocenters. The van der Waals surface area contributed by atoms with Gasteiger partial charge in [-0.3, -0.25) is 4.90 Å². The zero-order valence-corrected chi connectivity index (χ0v) is 19.8. The van der Waals surface area contributed by atoms with Crippen molar-refractivity contribution in [1.82, 2.24) is 15.1 Å². The van der Waals surface area contributed by atoms with Gasteiger partial charge in [0.2, 0.25) is 0 Å². The molecule has 2 fully saturated rings. The van der Waals surface area contributed by atoms with Gasteiger partial charge in [-0.15, -0.1) is 0 Å². The van der Waals surface area contributed by atoms with E-state index in [0.29, 0.717) is 30.0 Å². The van der Waals surface area contributed by atoms with E-state index in [1.54, 1.807) is 24.3 Å². The second-order valence-corrected chi connectivity index (χ2v) is 9.42. The quantitative estimate of drug-likeness (QED) is 0.285. The molecule has 0 amide bonds. The molecule has 1 aromatic rings. The largest absolute Gasteiger partial charge is 0.507 e. The molecule has 0 aliphatic carbocycles. The Morgan fingerprint density at radius 3 is 2.41 bits per heavy atom. The molecule has 3 rings (SSSR count). The number of likely N-dealkylation sites (tertiary alicyclic amines) is 1. The number of benzene rings is 1. The highest BCUT2D eigenvalue weighted by atomic mass is 16.5. The Bertz CT molecular complexity index is 835. The lowest BCUT2D eigenvalue weighted by atomic mass is 9.92. The van der Waals surface area contributed by atoms with Crippen molar-refractivity contribution < 1.29 is 9.84 Å². The standard InChI is InChI=1S/C24H40N6O2/c1-16(32-12-11-28-4)24(2,3)30-17-9-10-18(30)15-29(14-17)21(23(26)27)13-20(25)19-7-5-6-8-22(19)31/h5-8,13,16-18,28,31H,9-12,14-15,25-27H2,1-4H3/b20-13-. The Balaban J connectivity index is 1.78. The molecule has 0 saturated carbocycles. The summed E-state index contributed by atoms with van der Waals surface area (Å²) < 4.78 is 6.13. The highest BCUT2D eigenvalue weighted by Crippen LogP contribution is 2.39. The van der Waals surface area contributed by atoms with Gasteiger partial charge in [0.15, 0.2) is 0 Å². The normalized spacial score (nSPS) is 22.8. The first-order valence-corrected chi connectivity index (χ1v) is 11.5. The van der Waals surface area contributed by atoms with Crippen LogP contribution >= 0.6 is 0 Å². The summed E-state index contributed by atoms with van der Waals surface area (Å²) in [4.78, 5) is 4.87. The first-order valence-electron chi connectivity index (χ1n) is 11.5. The number of rotatable bonds is 9. The molecule has 0 spiro atoms. The summed E-state index contributed by atoms with van der Waals surface area (Å²) in [5.74, 6) is 0.370. The van der Waals surface area contributed by atoms with E-state index in [2.05, 4.69) is 35.9 Å². The number of aromatic hydroxyl groups is 1. The minimum atomic E-state index is -0.0888. The van der Waals surface area contributed by atoms with Gasteiger partial charge in [-0.25, -0.2) is 0 Å². The van der Waals surface area contributed by atoms with Gasteiger partial charge in [-0.1, -0.05) is 12.1 Å². The minimum Gasteiger partial charge on any atom is -0.507 e. The molecular formula is C24H40N6O2. The number of nitrogens with two attached hydrogens (primary N) is 3. The predicted molar refractivity (Wildman–Crippen MR) is 129 cm³/mol. The first kappa shape index (κ1) is 24.2. The van der Waals surface area contributed by atoms with Gasteiger partial charge >= 0.3 is 0 Å². The molecule has 1 aromatic carbocycles. The number of nitrogens with one attached hydrogen (secondary N) is 1. The minimum absolute atomic E-state index is 0.0888.